The highest BCUT2D eigenvalue weighted by molar-refractivity contribution is 7.98. The van der Waals surface area contributed by atoms with E-state index < -0.39 is 5.97 Å². The topological polar surface area (TPSA) is 74.3 Å². The first-order chi connectivity index (χ1) is 15.7. The van der Waals surface area contributed by atoms with Gasteiger partial charge in [0.25, 0.3) is 5.56 Å². The van der Waals surface area contributed by atoms with E-state index in [0.29, 0.717) is 27.4 Å². The fourth-order valence-corrected chi connectivity index (χ4v) is 5.55. The summed E-state index contributed by atoms with van der Waals surface area (Å²) in [5.41, 5.74) is 2.11. The number of esters is 1. The lowest BCUT2D eigenvalue weighted by Crippen LogP contribution is -2.26. The number of carbonyl (C=O) groups is 1. The van der Waals surface area contributed by atoms with Crippen molar-refractivity contribution in [3.63, 3.8) is 0 Å². The number of thioether (sulfide) groups is 1. The minimum atomic E-state index is -0.473. The van der Waals surface area contributed by atoms with E-state index in [1.54, 1.807) is 6.92 Å². The van der Waals surface area contributed by atoms with E-state index in [2.05, 4.69) is 0 Å². The van der Waals surface area contributed by atoms with Crippen LogP contribution in [0.15, 0.2) is 62.9 Å². The second kappa shape index (κ2) is 8.82. The van der Waals surface area contributed by atoms with Crippen molar-refractivity contribution in [2.75, 3.05) is 6.61 Å². The number of ether oxygens (including phenoxy) is 1. The van der Waals surface area contributed by atoms with Gasteiger partial charge in [-0.1, -0.05) is 54.9 Å². The Bertz CT molecular complexity index is 1350. The van der Waals surface area contributed by atoms with Crippen molar-refractivity contribution in [1.82, 2.24) is 9.55 Å². The van der Waals surface area contributed by atoms with E-state index in [9.17, 15) is 9.59 Å². The predicted octanol–water partition coefficient (Wildman–Crippen LogP) is 5.73. The largest absolute Gasteiger partial charge is 0.460 e. The maximum absolute atomic E-state index is 13.4. The van der Waals surface area contributed by atoms with Crippen LogP contribution < -0.4 is 5.56 Å². The number of carbonyl (C=O) groups excluding carboxylic acids is 1. The molecular formula is C25H24N2O4S. The summed E-state index contributed by atoms with van der Waals surface area (Å²) >= 11 is 1.47. The third kappa shape index (κ3) is 3.71. The Hall–Kier alpha value is -3.06. The number of aromatic nitrogens is 2. The summed E-state index contributed by atoms with van der Waals surface area (Å²) in [6.07, 6.45) is 4.20. The number of hydrogen-bond donors (Lipinski definition) is 0. The zero-order chi connectivity index (χ0) is 22.1. The molecule has 164 valence electrons. The zero-order valence-corrected chi connectivity index (χ0v) is 18.7. The molecule has 2 aromatic carbocycles. The third-order valence-electron chi connectivity index (χ3n) is 5.97. The molecule has 5 rings (SSSR count). The quantitative estimate of drug-likeness (QED) is 0.213. The lowest BCUT2D eigenvalue weighted by atomic mass is 10.1. The Morgan fingerprint density at radius 3 is 2.62 bits per heavy atom. The zero-order valence-electron chi connectivity index (χ0n) is 17.9. The van der Waals surface area contributed by atoms with Crippen molar-refractivity contribution >= 4 is 39.6 Å². The van der Waals surface area contributed by atoms with Crippen LogP contribution in [-0.4, -0.2) is 22.1 Å². The maximum atomic E-state index is 13.4. The predicted molar refractivity (Wildman–Crippen MR) is 125 cm³/mol. The normalized spacial score (nSPS) is 14.4. The van der Waals surface area contributed by atoms with Crippen LogP contribution in [0.3, 0.4) is 0 Å². The van der Waals surface area contributed by atoms with Crippen molar-refractivity contribution < 1.29 is 13.9 Å². The van der Waals surface area contributed by atoms with Crippen LogP contribution in [0, 0.1) is 0 Å². The molecule has 1 aliphatic carbocycles. The Balaban J connectivity index is 1.58. The van der Waals surface area contributed by atoms with Crippen molar-refractivity contribution in [1.29, 1.82) is 0 Å². The monoisotopic (exact) mass is 448 g/mol. The average molecular weight is 449 g/mol. The lowest BCUT2D eigenvalue weighted by Gasteiger charge is -2.18. The summed E-state index contributed by atoms with van der Waals surface area (Å²) in [4.78, 5) is 30.8. The van der Waals surface area contributed by atoms with Gasteiger partial charge in [-0.3, -0.25) is 9.36 Å². The number of para-hydroxylation sites is 2. The second-order valence-electron chi connectivity index (χ2n) is 7.94. The summed E-state index contributed by atoms with van der Waals surface area (Å²) in [5, 5.41) is 2.20. The van der Waals surface area contributed by atoms with Crippen LogP contribution in [0.1, 0.15) is 54.8 Å². The molecule has 7 heteroatoms. The molecule has 0 radical (unpaired) electrons. The van der Waals surface area contributed by atoms with Crippen molar-refractivity contribution in [3.05, 3.63) is 70.2 Å². The molecule has 0 atom stereocenters. The molecule has 0 N–H and O–H groups in total. The maximum Gasteiger partial charge on any atom is 0.374 e. The highest BCUT2D eigenvalue weighted by Crippen LogP contribution is 2.35. The molecular weight excluding hydrogens is 424 g/mol. The molecule has 2 aromatic heterocycles. The smallest absolute Gasteiger partial charge is 0.374 e. The van der Waals surface area contributed by atoms with E-state index in [1.165, 1.54) is 11.8 Å². The molecule has 1 saturated carbocycles. The first-order valence-electron chi connectivity index (χ1n) is 11.0. The number of rotatable bonds is 6. The van der Waals surface area contributed by atoms with Gasteiger partial charge in [0, 0.05) is 22.7 Å². The van der Waals surface area contributed by atoms with Crippen LogP contribution in [-0.2, 0) is 10.5 Å². The summed E-state index contributed by atoms with van der Waals surface area (Å²) in [6, 6.07) is 15.2. The van der Waals surface area contributed by atoms with Crippen molar-refractivity contribution in [2.45, 2.75) is 49.6 Å². The van der Waals surface area contributed by atoms with Gasteiger partial charge in [-0.15, -0.1) is 0 Å². The Morgan fingerprint density at radius 2 is 1.84 bits per heavy atom. The lowest BCUT2D eigenvalue weighted by molar-refractivity contribution is 0.0491. The van der Waals surface area contributed by atoms with Gasteiger partial charge in [0.05, 0.1) is 17.5 Å². The number of hydrogen-bond acceptors (Lipinski definition) is 6. The fraction of sp³-hybridized carbons (Fsp3) is 0.320. The second-order valence-corrected chi connectivity index (χ2v) is 8.88. The van der Waals surface area contributed by atoms with Gasteiger partial charge >= 0.3 is 5.97 Å². The van der Waals surface area contributed by atoms with E-state index in [1.807, 2.05) is 53.1 Å². The molecule has 0 saturated heterocycles. The molecule has 6 nitrogen and oxygen atoms in total. The molecule has 0 aliphatic heterocycles. The molecule has 0 bridgehead atoms. The summed E-state index contributed by atoms with van der Waals surface area (Å²) in [7, 11) is 0. The van der Waals surface area contributed by atoms with Crippen LogP contribution in [0.4, 0.5) is 0 Å². The van der Waals surface area contributed by atoms with Crippen LogP contribution in [0.2, 0.25) is 0 Å². The molecule has 2 heterocycles. The molecule has 0 spiro atoms. The minimum absolute atomic E-state index is 0.00710. The molecule has 0 unspecified atom stereocenters. The third-order valence-corrected chi connectivity index (χ3v) is 6.95. The number of fused-ring (bicyclic) bond motifs is 2. The van der Waals surface area contributed by atoms with E-state index >= 15 is 0 Å². The molecule has 32 heavy (non-hydrogen) atoms. The summed E-state index contributed by atoms with van der Waals surface area (Å²) in [5.74, 6) is 0.193. The highest BCUT2D eigenvalue weighted by Gasteiger charge is 2.25. The minimum Gasteiger partial charge on any atom is -0.460 e. The van der Waals surface area contributed by atoms with E-state index in [-0.39, 0.29) is 24.0 Å². The van der Waals surface area contributed by atoms with Gasteiger partial charge in [0.2, 0.25) is 5.76 Å². The van der Waals surface area contributed by atoms with Crippen LogP contribution >= 0.6 is 11.8 Å². The van der Waals surface area contributed by atoms with Gasteiger partial charge in [-0.25, -0.2) is 9.78 Å². The Labute approximate surface area is 189 Å². The SMILES string of the molecule is CCOC(=O)c1oc2ccccc2c1CSc1nc2ccccc2c(=O)n1C1CCCC1. The van der Waals surface area contributed by atoms with Gasteiger partial charge in [-0.2, -0.15) is 0 Å². The molecule has 4 aromatic rings. The molecule has 0 amide bonds. The van der Waals surface area contributed by atoms with Gasteiger partial charge in [0.1, 0.15) is 5.58 Å². The average Bonchev–Trinajstić information content (AvgIpc) is 3.46. The van der Waals surface area contributed by atoms with Crippen LogP contribution in [0.25, 0.3) is 21.9 Å². The van der Waals surface area contributed by atoms with E-state index in [4.69, 9.17) is 14.1 Å². The first-order valence-corrected chi connectivity index (χ1v) is 12.0. The number of nitrogens with zero attached hydrogens (tertiary/aromatic N) is 2. The number of benzene rings is 2. The molecule has 1 fully saturated rings. The standard InChI is InChI=1S/C25H24N2O4S/c1-2-30-24(29)22-19(17-11-6-8-14-21(17)31-22)15-32-25-26-20-13-7-5-12-18(20)23(28)27(25)16-9-3-4-10-16/h5-8,11-14,16H,2-4,9-10,15H2,1H3. The van der Waals surface area contributed by atoms with Crippen LogP contribution in [0.5, 0.6) is 0 Å². The number of furan rings is 1. The summed E-state index contributed by atoms with van der Waals surface area (Å²) < 4.78 is 12.9. The van der Waals surface area contributed by atoms with E-state index in [0.717, 1.165) is 36.6 Å². The van der Waals surface area contributed by atoms with Gasteiger partial charge < -0.3 is 9.15 Å². The first kappa shape index (κ1) is 20.8. The Kier molecular flexibility index (Phi) is 5.74. The van der Waals surface area contributed by atoms with Gasteiger partial charge in [0.15, 0.2) is 5.16 Å². The van der Waals surface area contributed by atoms with Gasteiger partial charge in [-0.05, 0) is 38.0 Å². The highest BCUT2D eigenvalue weighted by atomic mass is 32.2. The molecule has 1 aliphatic rings. The van der Waals surface area contributed by atoms with Crippen molar-refractivity contribution in [3.8, 4) is 0 Å². The Morgan fingerprint density at radius 1 is 1.12 bits per heavy atom. The van der Waals surface area contributed by atoms with Crippen molar-refractivity contribution in [2.24, 2.45) is 0 Å². The fourth-order valence-electron chi connectivity index (χ4n) is 4.45. The summed E-state index contributed by atoms with van der Waals surface area (Å²) in [6.45, 7) is 2.05.